The molecule has 4 nitrogen and oxygen atoms in total. The Bertz CT molecular complexity index is 278. The van der Waals surface area contributed by atoms with E-state index in [0.717, 1.165) is 24.6 Å². The van der Waals surface area contributed by atoms with E-state index in [0.29, 0.717) is 0 Å². The van der Waals surface area contributed by atoms with Crippen LogP contribution in [0.2, 0.25) is 0 Å². The number of hydrogen-bond acceptors (Lipinski definition) is 3. The lowest BCUT2D eigenvalue weighted by Gasteiger charge is -2.03. The second kappa shape index (κ2) is 5.85. The Hall–Kier alpha value is -0.900. The topological polar surface area (TPSA) is 56.7 Å². The molecule has 1 atom stereocenters. The van der Waals surface area contributed by atoms with Gasteiger partial charge in [-0.15, -0.1) is 5.10 Å². The molecule has 0 aliphatic heterocycles. The molecule has 0 spiro atoms. The predicted octanol–water partition coefficient (Wildman–Crippen LogP) is 1.60. The van der Waals surface area contributed by atoms with Crippen molar-refractivity contribution >= 4 is 0 Å². The third-order valence-electron chi connectivity index (χ3n) is 2.29. The Morgan fingerprint density at radius 1 is 1.40 bits per heavy atom. The summed E-state index contributed by atoms with van der Waals surface area (Å²) in [4.78, 5) is 0. The van der Waals surface area contributed by atoms with Crippen LogP contribution in [0.3, 0.4) is 0 Å². The van der Waals surface area contributed by atoms with Gasteiger partial charge in [-0.3, -0.25) is 4.68 Å². The smallest absolute Gasteiger partial charge is 0.0842 e. The van der Waals surface area contributed by atoms with Crippen LogP contribution < -0.4 is 5.73 Å². The predicted molar refractivity (Wildman–Crippen MR) is 61.4 cm³/mol. The van der Waals surface area contributed by atoms with E-state index in [9.17, 15) is 0 Å². The van der Waals surface area contributed by atoms with Gasteiger partial charge in [-0.25, -0.2) is 0 Å². The summed E-state index contributed by atoms with van der Waals surface area (Å²) in [7, 11) is 0. The van der Waals surface area contributed by atoms with Crippen molar-refractivity contribution in [1.82, 2.24) is 15.0 Å². The van der Waals surface area contributed by atoms with Gasteiger partial charge in [-0.1, -0.05) is 19.1 Å². The maximum atomic E-state index is 5.70. The van der Waals surface area contributed by atoms with Crippen molar-refractivity contribution in [3.8, 4) is 0 Å². The maximum absolute atomic E-state index is 5.70. The standard InChI is InChI=1S/C11H22N4/c1-9(2)5-4-6-15-8-11(13-14-15)7-10(3)12/h8-10H,4-7,12H2,1-3H3. The molecule has 0 aromatic carbocycles. The summed E-state index contributed by atoms with van der Waals surface area (Å²) >= 11 is 0. The highest BCUT2D eigenvalue weighted by atomic mass is 15.4. The van der Waals surface area contributed by atoms with Crippen LogP contribution in [0.5, 0.6) is 0 Å². The third-order valence-corrected chi connectivity index (χ3v) is 2.29. The fourth-order valence-corrected chi connectivity index (χ4v) is 1.53. The lowest BCUT2D eigenvalue weighted by atomic mass is 10.1. The van der Waals surface area contributed by atoms with E-state index in [4.69, 9.17) is 5.73 Å². The molecule has 1 aromatic heterocycles. The fraction of sp³-hybridized carbons (Fsp3) is 0.818. The van der Waals surface area contributed by atoms with Crippen LogP contribution in [-0.2, 0) is 13.0 Å². The highest BCUT2D eigenvalue weighted by Gasteiger charge is 2.03. The number of nitrogens with zero attached hydrogens (tertiary/aromatic N) is 3. The second-order valence-electron chi connectivity index (χ2n) is 4.69. The van der Waals surface area contributed by atoms with Gasteiger partial charge in [0.1, 0.15) is 0 Å². The molecule has 1 aromatic rings. The average molecular weight is 210 g/mol. The SMILES string of the molecule is CC(C)CCCn1cc(CC(C)N)nn1. The van der Waals surface area contributed by atoms with Crippen LogP contribution >= 0.6 is 0 Å². The minimum absolute atomic E-state index is 0.158. The van der Waals surface area contributed by atoms with Gasteiger partial charge >= 0.3 is 0 Å². The van der Waals surface area contributed by atoms with Crippen LogP contribution in [0.15, 0.2) is 6.20 Å². The summed E-state index contributed by atoms with van der Waals surface area (Å²) in [5, 5.41) is 8.16. The molecule has 1 heterocycles. The first-order valence-electron chi connectivity index (χ1n) is 5.72. The third kappa shape index (κ3) is 4.93. The number of hydrogen-bond donors (Lipinski definition) is 1. The molecule has 0 saturated heterocycles. The van der Waals surface area contributed by atoms with Gasteiger partial charge in [-0.2, -0.15) is 0 Å². The summed E-state index contributed by atoms with van der Waals surface area (Å²) in [5.74, 6) is 0.761. The summed E-state index contributed by atoms with van der Waals surface area (Å²) in [6.45, 7) is 7.42. The first-order chi connectivity index (χ1) is 7.08. The number of aryl methyl sites for hydroxylation is 1. The normalized spacial score (nSPS) is 13.4. The zero-order chi connectivity index (χ0) is 11.3. The van der Waals surface area contributed by atoms with Crippen molar-refractivity contribution in [1.29, 1.82) is 0 Å². The lowest BCUT2D eigenvalue weighted by molar-refractivity contribution is 0.482. The Morgan fingerprint density at radius 3 is 2.73 bits per heavy atom. The van der Waals surface area contributed by atoms with Crippen LogP contribution in [0.1, 0.15) is 39.3 Å². The van der Waals surface area contributed by atoms with Crippen molar-refractivity contribution in [3.63, 3.8) is 0 Å². The first kappa shape index (κ1) is 12.2. The van der Waals surface area contributed by atoms with Crippen LogP contribution in [-0.4, -0.2) is 21.0 Å². The molecule has 0 amide bonds. The molecule has 0 fully saturated rings. The summed E-state index contributed by atoms with van der Waals surface area (Å²) < 4.78 is 1.92. The van der Waals surface area contributed by atoms with Gasteiger partial charge in [0, 0.05) is 25.2 Å². The molecule has 2 N–H and O–H groups in total. The number of aromatic nitrogens is 3. The molecular formula is C11H22N4. The zero-order valence-electron chi connectivity index (χ0n) is 9.98. The Morgan fingerprint density at radius 2 is 2.13 bits per heavy atom. The van der Waals surface area contributed by atoms with Gasteiger partial charge in [0.05, 0.1) is 5.69 Å². The molecule has 1 unspecified atom stereocenters. The fourth-order valence-electron chi connectivity index (χ4n) is 1.53. The van der Waals surface area contributed by atoms with E-state index in [2.05, 4.69) is 24.2 Å². The molecule has 0 aliphatic rings. The minimum atomic E-state index is 0.158. The molecule has 0 bridgehead atoms. The Kier molecular flexibility index (Phi) is 4.75. The molecular weight excluding hydrogens is 188 g/mol. The highest BCUT2D eigenvalue weighted by Crippen LogP contribution is 2.05. The van der Waals surface area contributed by atoms with Gasteiger partial charge in [0.25, 0.3) is 0 Å². The zero-order valence-corrected chi connectivity index (χ0v) is 9.98. The number of nitrogens with two attached hydrogens (primary N) is 1. The molecule has 15 heavy (non-hydrogen) atoms. The minimum Gasteiger partial charge on any atom is -0.328 e. The van der Waals surface area contributed by atoms with E-state index >= 15 is 0 Å². The quantitative estimate of drug-likeness (QED) is 0.776. The van der Waals surface area contributed by atoms with E-state index in [1.54, 1.807) is 0 Å². The molecule has 0 saturated carbocycles. The van der Waals surface area contributed by atoms with Crippen LogP contribution in [0.4, 0.5) is 0 Å². The van der Waals surface area contributed by atoms with Crippen molar-refractivity contribution in [3.05, 3.63) is 11.9 Å². The van der Waals surface area contributed by atoms with Crippen molar-refractivity contribution in [2.24, 2.45) is 11.7 Å². The average Bonchev–Trinajstić information content (AvgIpc) is 2.50. The molecule has 0 radical (unpaired) electrons. The van der Waals surface area contributed by atoms with E-state index in [1.165, 1.54) is 12.8 Å². The van der Waals surface area contributed by atoms with Gasteiger partial charge < -0.3 is 5.73 Å². The summed E-state index contributed by atoms with van der Waals surface area (Å²) in [6.07, 6.45) is 5.22. The Labute approximate surface area is 91.9 Å². The van der Waals surface area contributed by atoms with Crippen molar-refractivity contribution < 1.29 is 0 Å². The second-order valence-corrected chi connectivity index (χ2v) is 4.69. The highest BCUT2D eigenvalue weighted by molar-refractivity contribution is 4.94. The molecule has 86 valence electrons. The van der Waals surface area contributed by atoms with E-state index in [-0.39, 0.29) is 6.04 Å². The molecule has 0 aliphatic carbocycles. The number of rotatable bonds is 6. The van der Waals surface area contributed by atoms with Crippen molar-refractivity contribution in [2.75, 3.05) is 0 Å². The maximum Gasteiger partial charge on any atom is 0.0842 e. The summed E-state index contributed by atoms with van der Waals surface area (Å²) in [6, 6.07) is 0.158. The van der Waals surface area contributed by atoms with Gasteiger partial charge in [0.15, 0.2) is 0 Å². The van der Waals surface area contributed by atoms with E-state index < -0.39 is 0 Å². The van der Waals surface area contributed by atoms with Crippen LogP contribution in [0, 0.1) is 5.92 Å². The monoisotopic (exact) mass is 210 g/mol. The lowest BCUT2D eigenvalue weighted by Crippen LogP contribution is -2.17. The molecule has 1 rings (SSSR count). The van der Waals surface area contributed by atoms with Crippen LogP contribution in [0.25, 0.3) is 0 Å². The summed E-state index contributed by atoms with van der Waals surface area (Å²) in [5.41, 5.74) is 6.69. The van der Waals surface area contributed by atoms with Gasteiger partial charge in [-0.05, 0) is 25.7 Å². The van der Waals surface area contributed by atoms with Gasteiger partial charge in [0.2, 0.25) is 0 Å². The first-order valence-corrected chi connectivity index (χ1v) is 5.72. The van der Waals surface area contributed by atoms with Crippen molar-refractivity contribution in [2.45, 2.75) is 52.6 Å². The Balaban J connectivity index is 2.33. The largest absolute Gasteiger partial charge is 0.328 e. The molecule has 4 heteroatoms. The van der Waals surface area contributed by atoms with E-state index in [1.807, 2.05) is 17.8 Å².